The van der Waals surface area contributed by atoms with Gasteiger partial charge in [-0.2, -0.15) is 5.26 Å². The number of anilines is 1. The first-order chi connectivity index (χ1) is 13.0. The molecule has 1 fully saturated rings. The predicted octanol–water partition coefficient (Wildman–Crippen LogP) is 3.46. The van der Waals surface area contributed by atoms with Crippen molar-refractivity contribution in [2.24, 2.45) is 11.7 Å². The van der Waals surface area contributed by atoms with E-state index in [1.807, 2.05) is 6.07 Å². The summed E-state index contributed by atoms with van der Waals surface area (Å²) in [6.45, 7) is 3.59. The second-order valence-corrected chi connectivity index (χ2v) is 7.40. The van der Waals surface area contributed by atoms with Gasteiger partial charge in [-0.05, 0) is 18.4 Å². The second kappa shape index (κ2) is 6.80. The molecule has 3 N–H and O–H groups in total. The Bertz CT molecular complexity index is 1050. The molecule has 4 rings (SSSR count). The number of halogens is 2. The van der Waals surface area contributed by atoms with Gasteiger partial charge in [0.05, 0.1) is 10.9 Å². The molecule has 1 aliphatic heterocycles. The molecule has 2 atom stereocenters. The van der Waals surface area contributed by atoms with Crippen molar-refractivity contribution < 1.29 is 4.39 Å². The van der Waals surface area contributed by atoms with Crippen LogP contribution in [0, 0.1) is 23.1 Å². The highest BCUT2D eigenvalue weighted by Crippen LogP contribution is 2.41. The summed E-state index contributed by atoms with van der Waals surface area (Å²) >= 11 is 6.42. The Labute approximate surface area is 160 Å². The lowest BCUT2D eigenvalue weighted by Crippen LogP contribution is -2.46. The Morgan fingerprint density at radius 1 is 1.37 bits per heavy atom. The first-order valence-electron chi connectivity index (χ1n) is 8.71. The van der Waals surface area contributed by atoms with E-state index in [4.69, 9.17) is 22.6 Å². The molecule has 138 valence electrons. The third kappa shape index (κ3) is 3.01. The van der Waals surface area contributed by atoms with Crippen molar-refractivity contribution in [3.8, 4) is 17.2 Å². The number of piperidine rings is 1. The summed E-state index contributed by atoms with van der Waals surface area (Å²) < 4.78 is 14.9. The molecule has 6 nitrogen and oxygen atoms in total. The average Bonchev–Trinajstić information content (AvgIpc) is 2.97. The summed E-state index contributed by atoms with van der Waals surface area (Å²) in [5.74, 6) is 0.471. The van der Waals surface area contributed by atoms with Gasteiger partial charge in [0.1, 0.15) is 34.8 Å². The Morgan fingerprint density at radius 2 is 2.19 bits per heavy atom. The minimum Gasteiger partial charge on any atom is -0.354 e. The molecule has 1 saturated heterocycles. The molecule has 0 saturated carbocycles. The maximum absolute atomic E-state index is 14.9. The number of H-pyrrole nitrogens is 1. The van der Waals surface area contributed by atoms with Gasteiger partial charge in [0, 0.05) is 30.3 Å². The van der Waals surface area contributed by atoms with Gasteiger partial charge in [-0.15, -0.1) is 0 Å². The van der Waals surface area contributed by atoms with E-state index in [2.05, 4.69) is 26.8 Å². The number of aromatic nitrogens is 3. The Balaban J connectivity index is 1.95. The average molecular weight is 385 g/mol. The molecule has 0 bridgehead atoms. The van der Waals surface area contributed by atoms with Gasteiger partial charge in [-0.1, -0.05) is 30.7 Å². The molecular weight excluding hydrogens is 367 g/mol. The first kappa shape index (κ1) is 17.7. The van der Waals surface area contributed by atoms with Crippen LogP contribution in [-0.2, 0) is 0 Å². The number of nitrogens with one attached hydrogen (secondary N) is 1. The van der Waals surface area contributed by atoms with Crippen LogP contribution < -0.4 is 10.6 Å². The number of hydrogen-bond acceptors (Lipinski definition) is 5. The van der Waals surface area contributed by atoms with Crippen molar-refractivity contribution in [1.29, 1.82) is 5.26 Å². The van der Waals surface area contributed by atoms with Crippen molar-refractivity contribution in [1.82, 2.24) is 15.0 Å². The van der Waals surface area contributed by atoms with Crippen LogP contribution in [-0.4, -0.2) is 34.1 Å². The number of aromatic amines is 1. The first-order valence-corrected chi connectivity index (χ1v) is 9.09. The summed E-state index contributed by atoms with van der Waals surface area (Å²) in [4.78, 5) is 13.8. The van der Waals surface area contributed by atoms with E-state index in [1.54, 1.807) is 12.1 Å². The minimum atomic E-state index is -0.610. The Hall–Kier alpha value is -2.69. The number of nitrogens with two attached hydrogens (primary N) is 1. The van der Waals surface area contributed by atoms with E-state index in [0.717, 1.165) is 13.0 Å². The summed E-state index contributed by atoms with van der Waals surface area (Å²) in [6, 6.07) is 6.58. The lowest BCUT2D eigenvalue weighted by Gasteiger charge is -2.35. The van der Waals surface area contributed by atoms with Crippen LogP contribution in [0.15, 0.2) is 24.5 Å². The summed E-state index contributed by atoms with van der Waals surface area (Å²) in [6.07, 6.45) is 2.41. The number of fused-ring (bicyclic) bond motifs is 1. The third-order valence-corrected chi connectivity index (χ3v) is 5.19. The van der Waals surface area contributed by atoms with Crippen molar-refractivity contribution in [3.05, 3.63) is 41.1 Å². The zero-order valence-corrected chi connectivity index (χ0v) is 15.5. The summed E-state index contributed by atoms with van der Waals surface area (Å²) in [5.41, 5.74) is 7.39. The molecule has 1 aliphatic rings. The Morgan fingerprint density at radius 3 is 2.93 bits per heavy atom. The molecule has 0 amide bonds. The zero-order chi connectivity index (χ0) is 19.1. The predicted molar refractivity (Wildman–Crippen MR) is 103 cm³/mol. The Kier molecular flexibility index (Phi) is 4.46. The number of benzene rings is 1. The van der Waals surface area contributed by atoms with Gasteiger partial charge < -0.3 is 15.6 Å². The molecule has 3 aromatic rings. The van der Waals surface area contributed by atoms with E-state index in [-0.39, 0.29) is 22.3 Å². The van der Waals surface area contributed by atoms with Gasteiger partial charge in [0.2, 0.25) is 0 Å². The van der Waals surface area contributed by atoms with E-state index < -0.39 is 5.82 Å². The molecule has 8 heteroatoms. The van der Waals surface area contributed by atoms with Gasteiger partial charge >= 0.3 is 0 Å². The summed E-state index contributed by atoms with van der Waals surface area (Å²) in [5, 5.41) is 10.1. The fraction of sp³-hybridized carbons (Fsp3) is 0.316. The molecular formula is C19H18ClFN6. The lowest BCUT2D eigenvalue weighted by molar-refractivity contribution is 0.400. The van der Waals surface area contributed by atoms with Gasteiger partial charge in [0.15, 0.2) is 0 Å². The minimum absolute atomic E-state index is 0.0371. The quantitative estimate of drug-likeness (QED) is 0.705. The van der Waals surface area contributed by atoms with Crippen molar-refractivity contribution in [2.45, 2.75) is 19.4 Å². The standard InChI is InChI=1S/C19H18ClFN6/c1-10-5-12(23)8-27(7-10)19-15-14(17(20)26-18(15)24-9-25-19)13-4-2-3-11(6-22)16(13)21/h2-4,9-10,12H,5,7-8,23H2,1H3,(H,24,25,26)/t10-,12+/m0/s1. The smallest absolute Gasteiger partial charge is 0.148 e. The van der Waals surface area contributed by atoms with Crippen molar-refractivity contribution >= 4 is 28.5 Å². The summed E-state index contributed by atoms with van der Waals surface area (Å²) in [7, 11) is 0. The van der Waals surface area contributed by atoms with Crippen LogP contribution in [0.25, 0.3) is 22.2 Å². The fourth-order valence-electron chi connectivity index (χ4n) is 3.85. The molecule has 0 radical (unpaired) electrons. The van der Waals surface area contributed by atoms with Crippen molar-refractivity contribution in [3.63, 3.8) is 0 Å². The molecule has 1 aromatic carbocycles. The number of nitriles is 1. The van der Waals surface area contributed by atoms with Crippen LogP contribution in [0.5, 0.6) is 0 Å². The number of rotatable bonds is 2. The van der Waals surface area contributed by atoms with Crippen LogP contribution in [0.3, 0.4) is 0 Å². The lowest BCUT2D eigenvalue weighted by atomic mass is 9.96. The number of nitrogens with zero attached hydrogens (tertiary/aromatic N) is 4. The SMILES string of the molecule is C[C@H]1C[C@@H](N)CN(c2ncnc3[nH]c(Cl)c(-c4cccc(C#N)c4F)c23)C1. The van der Waals surface area contributed by atoms with E-state index in [9.17, 15) is 4.39 Å². The van der Waals surface area contributed by atoms with E-state index in [0.29, 0.717) is 34.9 Å². The van der Waals surface area contributed by atoms with E-state index >= 15 is 0 Å². The van der Waals surface area contributed by atoms with Crippen LogP contribution >= 0.6 is 11.6 Å². The molecule has 27 heavy (non-hydrogen) atoms. The molecule has 3 heterocycles. The van der Waals surface area contributed by atoms with Gasteiger partial charge in [0.25, 0.3) is 0 Å². The highest BCUT2D eigenvalue weighted by molar-refractivity contribution is 6.35. The fourth-order valence-corrected chi connectivity index (χ4v) is 4.14. The van der Waals surface area contributed by atoms with E-state index in [1.165, 1.54) is 12.4 Å². The largest absolute Gasteiger partial charge is 0.354 e. The monoisotopic (exact) mass is 384 g/mol. The molecule has 0 aliphatic carbocycles. The highest BCUT2D eigenvalue weighted by atomic mass is 35.5. The molecule has 0 spiro atoms. The third-order valence-electron chi connectivity index (χ3n) is 4.91. The number of hydrogen-bond donors (Lipinski definition) is 2. The van der Waals surface area contributed by atoms with Gasteiger partial charge in [-0.3, -0.25) is 0 Å². The van der Waals surface area contributed by atoms with Crippen LogP contribution in [0.4, 0.5) is 10.2 Å². The maximum atomic E-state index is 14.9. The topological polar surface area (TPSA) is 94.6 Å². The molecule has 2 aromatic heterocycles. The zero-order valence-electron chi connectivity index (χ0n) is 14.7. The van der Waals surface area contributed by atoms with Crippen LogP contribution in [0.1, 0.15) is 18.9 Å². The van der Waals surface area contributed by atoms with Crippen molar-refractivity contribution in [2.75, 3.05) is 18.0 Å². The molecule has 0 unspecified atom stereocenters. The second-order valence-electron chi connectivity index (χ2n) is 7.02. The normalized spacial score (nSPS) is 20.0. The maximum Gasteiger partial charge on any atom is 0.148 e. The van der Waals surface area contributed by atoms with Gasteiger partial charge in [-0.25, -0.2) is 14.4 Å². The van der Waals surface area contributed by atoms with Crippen LogP contribution in [0.2, 0.25) is 5.15 Å². The highest BCUT2D eigenvalue weighted by Gasteiger charge is 2.28.